The van der Waals surface area contributed by atoms with Crippen molar-refractivity contribution in [1.82, 2.24) is 28.7 Å². The first-order chi connectivity index (χ1) is 57.3. The normalized spacial score (nSPS) is 9.15. The molecule has 120 heavy (non-hydrogen) atoms. The number of carbonyl (C=O) groups is 2. The molecule has 0 atom stereocenters. The molecule has 12 nitrogen and oxygen atoms in total. The smallest absolute Gasteiger partial charge is 0.497 e. The molecule has 0 bridgehead atoms. The van der Waals surface area contributed by atoms with Gasteiger partial charge in [-0.3, -0.25) is 24.0 Å². The van der Waals surface area contributed by atoms with Crippen molar-refractivity contribution in [3.8, 4) is 248 Å². The molecule has 14 heteroatoms. The van der Waals surface area contributed by atoms with Crippen LogP contribution in [0.2, 0.25) is 0 Å². The van der Waals surface area contributed by atoms with Crippen LogP contribution >= 0.6 is 0 Å². The fourth-order valence-electron chi connectivity index (χ4n) is 11.3. The molecule has 6 aromatic heterocycles. The number of terminal acetylenes is 2. The van der Waals surface area contributed by atoms with Crippen LogP contribution in [0.3, 0.4) is 0 Å². The van der Waals surface area contributed by atoms with E-state index in [1.165, 1.54) is 10.9 Å². The molecule has 0 aliphatic heterocycles. The van der Waals surface area contributed by atoms with Gasteiger partial charge in [0.2, 0.25) is 0 Å². The molecular weight excluding hydrogens is 1670 g/mol. The Kier molecular flexibility index (Phi) is 33.2. The summed E-state index contributed by atoms with van der Waals surface area (Å²) < 4.78 is 17.5. The number of rotatable bonds is 6. The van der Waals surface area contributed by atoms with Gasteiger partial charge in [-0.1, -0.05) is 155 Å². The summed E-state index contributed by atoms with van der Waals surface area (Å²) in [5, 5.41) is 21.4. The van der Waals surface area contributed by atoms with Gasteiger partial charge >= 0.3 is 20.4 Å². The van der Waals surface area contributed by atoms with Gasteiger partial charge in [-0.2, -0.15) is 0 Å². The number of fused-ring (bicyclic) bond motifs is 16. The first-order valence-electron chi connectivity index (χ1n) is 35.9. The van der Waals surface area contributed by atoms with E-state index in [4.69, 9.17) is 52.1 Å². The quantitative estimate of drug-likeness (QED) is 0.0712. The number of para-hydroxylation sites is 6. The van der Waals surface area contributed by atoms with Crippen molar-refractivity contribution in [2.24, 2.45) is 0 Å². The molecule has 8 aromatic carbocycles. The van der Waals surface area contributed by atoms with Gasteiger partial charge in [0.15, 0.2) is 0 Å². The molecule has 0 aliphatic carbocycles. The second-order valence-electron chi connectivity index (χ2n) is 26.5. The van der Waals surface area contributed by atoms with Crippen LogP contribution < -0.4 is 9.47 Å². The molecule has 0 aliphatic rings. The molecule has 0 spiro atoms. The van der Waals surface area contributed by atoms with Crippen molar-refractivity contribution in [3.05, 3.63) is 230 Å². The molecule has 0 radical (unpaired) electrons. The zero-order chi connectivity index (χ0) is 83.5. The number of pyridine rings is 4. The molecule has 2 N–H and O–H groups in total. The van der Waals surface area contributed by atoms with Crippen molar-refractivity contribution in [3.63, 3.8) is 0 Å². The Bertz CT molecular complexity index is 7060. The molecule has 572 valence electrons. The van der Waals surface area contributed by atoms with Crippen LogP contribution in [0.4, 0.5) is 0 Å². The first-order valence-corrected chi connectivity index (χ1v) is 35.9. The van der Waals surface area contributed by atoms with E-state index in [9.17, 15) is 0 Å². The van der Waals surface area contributed by atoms with Gasteiger partial charge in [0.05, 0.1) is 38.9 Å². The van der Waals surface area contributed by atoms with Crippen LogP contribution in [-0.2, 0) is 61.3 Å². The Hall–Kier alpha value is -16.6. The zero-order valence-corrected chi connectivity index (χ0v) is 68.7. The maximum absolute atomic E-state index is 9.00. The SMILES string of the molecule is C#CC#CC#CC#CC#CC#CC#CC#CC#CC#CC#CC#CC#CC#CC#CC#CC#C.CC(=O)O.CC(=O)O.CC(C)(C)c1cc(Oc2[c-]c3c(cc2)c2ccccc2n2c4ccccc4nc32)[c-]c(-c2ccccn2)c1.CC(C)(C)c1cc(Oc2ccc3c4ccccc4n4c5ccccc5nc4c3c2)cc(-c2ccccn2)c1.[Pd+2].[Pd]. The summed E-state index contributed by atoms with van der Waals surface area (Å²) in [6, 6.07) is 73.4. The number of carboxylic acids is 2. The Morgan fingerprint density at radius 2 is 0.750 bits per heavy atom. The van der Waals surface area contributed by atoms with Crippen molar-refractivity contribution in [2.75, 3.05) is 0 Å². The molecule has 0 saturated carbocycles. The monoisotopic (exact) mass is 1730 g/mol. The Morgan fingerprint density at radius 1 is 0.367 bits per heavy atom. The summed E-state index contributed by atoms with van der Waals surface area (Å²) in [5.74, 6) is 79.3. The minimum Gasteiger partial charge on any atom is -0.497 e. The fraction of sp³-hybridized carbons (Fsp3) is 0.0943. The number of hydrogen-bond donors (Lipinski definition) is 2. The predicted molar refractivity (Wildman–Crippen MR) is 471 cm³/mol. The molecule has 14 aromatic rings. The van der Waals surface area contributed by atoms with Gasteiger partial charge in [-0.05, 0) is 219 Å². The van der Waals surface area contributed by atoms with E-state index >= 15 is 0 Å². The van der Waals surface area contributed by atoms with E-state index < -0.39 is 11.9 Å². The van der Waals surface area contributed by atoms with Gasteiger partial charge in [-0.15, -0.1) is 36.1 Å². The summed E-state index contributed by atoms with van der Waals surface area (Å²) in [6.07, 6.45) is 13.5. The van der Waals surface area contributed by atoms with E-state index in [2.05, 4.69) is 401 Å². The maximum atomic E-state index is 9.00. The van der Waals surface area contributed by atoms with Gasteiger partial charge in [0.25, 0.3) is 11.9 Å². The molecule has 0 amide bonds. The van der Waals surface area contributed by atoms with Crippen LogP contribution in [-0.4, -0.2) is 50.9 Å². The fourth-order valence-corrected chi connectivity index (χ4v) is 11.3. The maximum Gasteiger partial charge on any atom is 2.00 e. The van der Waals surface area contributed by atoms with Crippen LogP contribution in [0.5, 0.6) is 23.0 Å². The van der Waals surface area contributed by atoms with Crippen LogP contribution in [0.15, 0.2) is 207 Å². The first kappa shape index (κ1) is 88.9. The Balaban J connectivity index is 0.000000213. The minimum absolute atomic E-state index is 0. The Labute approximate surface area is 725 Å². The summed E-state index contributed by atoms with van der Waals surface area (Å²) in [5.41, 5.74) is 14.2. The zero-order valence-electron chi connectivity index (χ0n) is 65.6. The van der Waals surface area contributed by atoms with Crippen LogP contribution in [0, 0.1) is 214 Å². The number of hydrogen-bond acceptors (Lipinski definition) is 8. The van der Waals surface area contributed by atoms with E-state index in [0.29, 0.717) is 11.5 Å². The van der Waals surface area contributed by atoms with E-state index in [0.717, 1.165) is 125 Å². The summed E-state index contributed by atoms with van der Waals surface area (Å²) in [4.78, 5) is 37.2. The number of carboxylic acid groups (broad SMARTS) is 2. The molecule has 0 fully saturated rings. The molecule has 14 rings (SSSR count). The Morgan fingerprint density at radius 3 is 1.19 bits per heavy atom. The average molecular weight is 1730 g/mol. The third-order valence-corrected chi connectivity index (χ3v) is 16.2. The topological polar surface area (TPSA) is 153 Å². The number of benzene rings is 8. The molecule has 0 unspecified atom stereocenters. The standard InChI is InChI=1S/C34H27N3O.C34H25N3O.C34H2.2C2H4O2.2Pd/c2*1-34(2,3)23-18-22(29-11-8-9-17-35-29)19-25(20-23)38-24-15-16-26-27-10-4-6-13-31(27)37-32-14-7-5-12-30(32)36-33(37)28(26)21-24;1-3-5-7-9-11-13-15-17-19-21-23-25-27-29-31-33-34-32-30-28-26-24-22-20-18-16-14-12-10-8-6-4-2;2*1-2(3)4;;/h4-21H,1-3H3;4-18,20H,1-3H3;1-2H;2*1H3,(H,3,4);;/q;-2;;;;;+2. The number of ether oxygens (including phenoxy) is 2. The predicted octanol–water partition coefficient (Wildman–Crippen LogP) is 18.0. The van der Waals surface area contributed by atoms with E-state index in [-0.39, 0.29) is 51.7 Å². The number of aliphatic carboxylic acids is 2. The number of imidazole rings is 2. The molecule has 0 saturated heterocycles. The van der Waals surface area contributed by atoms with Crippen molar-refractivity contribution >= 4 is 88.7 Å². The van der Waals surface area contributed by atoms with Crippen LogP contribution in [0.1, 0.15) is 66.5 Å². The minimum atomic E-state index is -0.833. The van der Waals surface area contributed by atoms with Crippen molar-refractivity contribution in [2.45, 2.75) is 66.2 Å². The third kappa shape index (κ3) is 25.4. The molecule has 6 heterocycles. The summed E-state index contributed by atoms with van der Waals surface area (Å²) in [6.45, 7) is 15.4. The summed E-state index contributed by atoms with van der Waals surface area (Å²) >= 11 is 0. The average Bonchev–Trinajstić information content (AvgIpc) is 1.55. The molecular formula is C106H62N6O6Pd2. The van der Waals surface area contributed by atoms with E-state index in [1.807, 2.05) is 60.8 Å². The largest absolute Gasteiger partial charge is 2.00 e. The van der Waals surface area contributed by atoms with Gasteiger partial charge in [-0.25, -0.2) is 4.98 Å². The van der Waals surface area contributed by atoms with Gasteiger partial charge in [0.1, 0.15) is 17.1 Å². The third-order valence-electron chi connectivity index (χ3n) is 16.2. The van der Waals surface area contributed by atoms with Gasteiger partial charge < -0.3 is 29.1 Å². The van der Waals surface area contributed by atoms with Crippen molar-refractivity contribution in [1.29, 1.82) is 0 Å². The second kappa shape index (κ2) is 44.7. The number of nitrogens with zero attached hydrogens (tertiary/aromatic N) is 6. The van der Waals surface area contributed by atoms with Crippen molar-refractivity contribution < 1.29 is 70.1 Å². The van der Waals surface area contributed by atoms with E-state index in [1.54, 1.807) is 6.20 Å². The second-order valence-corrected chi connectivity index (χ2v) is 26.5. The summed E-state index contributed by atoms with van der Waals surface area (Å²) in [7, 11) is 0. The number of aromatic nitrogens is 6. The van der Waals surface area contributed by atoms with Gasteiger partial charge in [0, 0.05) is 175 Å². The van der Waals surface area contributed by atoms with Crippen LogP contribution in [0.25, 0.3) is 99.2 Å².